The average Bonchev–Trinajstić information content (AvgIpc) is 2.87. The van der Waals surface area contributed by atoms with Crippen LogP contribution in [-0.2, 0) is 0 Å². The van der Waals surface area contributed by atoms with Crippen LogP contribution >= 0.6 is 11.6 Å². The van der Waals surface area contributed by atoms with Gasteiger partial charge in [0.1, 0.15) is 11.5 Å². The Morgan fingerprint density at radius 2 is 2.10 bits per heavy atom. The molecule has 8 heteroatoms. The molecule has 0 bridgehead atoms. The Morgan fingerprint density at radius 1 is 1.30 bits per heavy atom. The van der Waals surface area contributed by atoms with E-state index in [1.165, 1.54) is 23.0 Å². The van der Waals surface area contributed by atoms with Crippen molar-refractivity contribution in [1.29, 1.82) is 0 Å². The zero-order valence-corrected chi connectivity index (χ0v) is 10.9. The summed E-state index contributed by atoms with van der Waals surface area (Å²) in [5.41, 5.74) is 0.438. The molecule has 0 fully saturated rings. The minimum absolute atomic E-state index is 0.127. The molecule has 0 amide bonds. The molecular formula is C12H7ClF2N4O. The van der Waals surface area contributed by atoms with Crippen LogP contribution in [0.1, 0.15) is 5.56 Å². The second kappa shape index (κ2) is 4.68. The summed E-state index contributed by atoms with van der Waals surface area (Å²) in [6.45, 7) is 1.63. The first kappa shape index (κ1) is 12.7. The molecule has 102 valence electrons. The van der Waals surface area contributed by atoms with Gasteiger partial charge in [-0.1, -0.05) is 17.7 Å². The zero-order valence-electron chi connectivity index (χ0n) is 10.1. The molecule has 2 heterocycles. The van der Waals surface area contributed by atoms with Crippen LogP contribution in [0.4, 0.5) is 8.78 Å². The Morgan fingerprint density at radius 3 is 2.90 bits per heavy atom. The number of hydrogen-bond donors (Lipinski definition) is 0. The summed E-state index contributed by atoms with van der Waals surface area (Å²) in [6, 6.07) is 3.64. The smallest absolute Gasteiger partial charge is 0.256 e. The Balaban J connectivity index is 2.17. The van der Waals surface area contributed by atoms with Crippen LogP contribution in [0.3, 0.4) is 0 Å². The van der Waals surface area contributed by atoms with Gasteiger partial charge in [-0.05, 0) is 19.1 Å². The molecule has 0 aliphatic rings. The maximum atomic E-state index is 13.7. The van der Waals surface area contributed by atoms with E-state index in [1.807, 2.05) is 0 Å². The van der Waals surface area contributed by atoms with Crippen molar-refractivity contribution in [1.82, 2.24) is 19.6 Å². The molecule has 0 spiro atoms. The lowest BCUT2D eigenvalue weighted by Crippen LogP contribution is -2.03. The van der Waals surface area contributed by atoms with E-state index in [-0.39, 0.29) is 22.6 Å². The summed E-state index contributed by atoms with van der Waals surface area (Å²) in [5.74, 6) is -2.04. The summed E-state index contributed by atoms with van der Waals surface area (Å²) in [7, 11) is 0. The van der Waals surface area contributed by atoms with Crippen LogP contribution in [-0.4, -0.2) is 19.6 Å². The van der Waals surface area contributed by atoms with Crippen molar-refractivity contribution in [3.8, 4) is 11.6 Å². The van der Waals surface area contributed by atoms with E-state index in [2.05, 4.69) is 15.1 Å². The summed E-state index contributed by atoms with van der Waals surface area (Å²) >= 11 is 5.95. The molecule has 0 radical (unpaired) electrons. The number of ether oxygens (including phenoxy) is 1. The minimum atomic E-state index is -1.09. The van der Waals surface area contributed by atoms with Gasteiger partial charge in [0.2, 0.25) is 11.7 Å². The summed E-state index contributed by atoms with van der Waals surface area (Å²) in [5, 5.41) is 4.06. The molecule has 0 aliphatic heterocycles. The maximum Gasteiger partial charge on any atom is 0.256 e. The highest BCUT2D eigenvalue weighted by atomic mass is 35.5. The quantitative estimate of drug-likeness (QED) is 0.682. The summed E-state index contributed by atoms with van der Waals surface area (Å²) < 4.78 is 33.5. The Bertz CT molecular complexity index is 805. The third kappa shape index (κ3) is 1.96. The van der Waals surface area contributed by atoms with E-state index >= 15 is 0 Å². The predicted octanol–water partition coefficient (Wildman–Crippen LogP) is 3.16. The molecule has 20 heavy (non-hydrogen) atoms. The number of benzene rings is 1. The SMILES string of the molecule is Cc1c(Cl)nc2ncnn2c1Oc1cccc(F)c1F. The van der Waals surface area contributed by atoms with E-state index in [1.54, 1.807) is 6.92 Å². The van der Waals surface area contributed by atoms with E-state index in [4.69, 9.17) is 16.3 Å². The van der Waals surface area contributed by atoms with Crippen molar-refractivity contribution in [2.24, 2.45) is 0 Å². The monoisotopic (exact) mass is 296 g/mol. The molecule has 3 rings (SSSR count). The Kier molecular flexibility index (Phi) is 2.98. The highest BCUT2D eigenvalue weighted by molar-refractivity contribution is 6.30. The van der Waals surface area contributed by atoms with Gasteiger partial charge in [-0.2, -0.15) is 24.0 Å². The number of hydrogen-bond acceptors (Lipinski definition) is 4. The lowest BCUT2D eigenvalue weighted by atomic mass is 10.3. The largest absolute Gasteiger partial charge is 0.435 e. The molecular weight excluding hydrogens is 290 g/mol. The molecule has 1 aromatic carbocycles. The molecule has 0 saturated carbocycles. The predicted molar refractivity (Wildman–Crippen MR) is 67.0 cm³/mol. The fraction of sp³-hybridized carbons (Fsp3) is 0.0833. The number of fused-ring (bicyclic) bond motifs is 1. The molecule has 0 aliphatic carbocycles. The molecule has 0 unspecified atom stereocenters. The normalized spacial score (nSPS) is 11.0. The highest BCUT2D eigenvalue weighted by Crippen LogP contribution is 2.30. The number of aromatic nitrogens is 4. The average molecular weight is 297 g/mol. The van der Waals surface area contributed by atoms with Crippen molar-refractivity contribution >= 4 is 17.4 Å². The molecule has 0 atom stereocenters. The summed E-state index contributed by atoms with van der Waals surface area (Å²) in [4.78, 5) is 7.86. The lowest BCUT2D eigenvalue weighted by Gasteiger charge is -2.11. The zero-order chi connectivity index (χ0) is 14.3. The number of halogens is 3. The fourth-order valence-electron chi connectivity index (χ4n) is 1.66. The number of rotatable bonds is 2. The molecule has 5 nitrogen and oxygen atoms in total. The first-order valence-corrected chi connectivity index (χ1v) is 5.93. The van der Waals surface area contributed by atoms with Crippen molar-refractivity contribution in [3.63, 3.8) is 0 Å². The third-order valence-corrected chi connectivity index (χ3v) is 3.04. The molecule has 0 N–H and O–H groups in total. The van der Waals surface area contributed by atoms with Gasteiger partial charge in [0.25, 0.3) is 5.78 Å². The van der Waals surface area contributed by atoms with Crippen LogP contribution in [0.2, 0.25) is 5.15 Å². The van der Waals surface area contributed by atoms with Crippen LogP contribution in [0.25, 0.3) is 5.78 Å². The van der Waals surface area contributed by atoms with E-state index in [0.717, 1.165) is 6.07 Å². The first-order valence-electron chi connectivity index (χ1n) is 5.55. The van der Waals surface area contributed by atoms with Gasteiger partial charge < -0.3 is 4.74 Å². The van der Waals surface area contributed by atoms with Gasteiger partial charge in [0.15, 0.2) is 11.6 Å². The molecule has 3 aromatic rings. The first-order chi connectivity index (χ1) is 9.58. The van der Waals surface area contributed by atoms with Gasteiger partial charge in [-0.3, -0.25) is 0 Å². The number of nitrogens with zero attached hydrogens (tertiary/aromatic N) is 4. The summed E-state index contributed by atoms with van der Waals surface area (Å²) in [6.07, 6.45) is 1.26. The molecule has 0 saturated heterocycles. The van der Waals surface area contributed by atoms with Gasteiger partial charge in [-0.15, -0.1) is 0 Å². The van der Waals surface area contributed by atoms with Gasteiger partial charge in [-0.25, -0.2) is 4.39 Å². The van der Waals surface area contributed by atoms with Gasteiger partial charge >= 0.3 is 0 Å². The van der Waals surface area contributed by atoms with Crippen LogP contribution in [0.5, 0.6) is 11.6 Å². The second-order valence-electron chi connectivity index (χ2n) is 3.96. The van der Waals surface area contributed by atoms with Crippen molar-refractivity contribution < 1.29 is 13.5 Å². The topological polar surface area (TPSA) is 52.3 Å². The second-order valence-corrected chi connectivity index (χ2v) is 4.32. The Labute approximate surface area is 116 Å². The van der Waals surface area contributed by atoms with Gasteiger partial charge in [0.05, 0.1) is 0 Å². The van der Waals surface area contributed by atoms with Gasteiger partial charge in [0, 0.05) is 5.56 Å². The standard InChI is InChI=1S/C12H7ClF2N4O/c1-6-10(13)18-12-16-5-17-19(12)11(6)20-8-4-2-3-7(14)9(8)15/h2-5H,1H3. The molecule has 2 aromatic heterocycles. The van der Waals surface area contributed by atoms with Crippen LogP contribution in [0, 0.1) is 18.6 Å². The fourth-order valence-corrected chi connectivity index (χ4v) is 1.82. The third-order valence-electron chi connectivity index (χ3n) is 2.67. The van der Waals surface area contributed by atoms with E-state index in [0.29, 0.717) is 5.56 Å². The maximum absolute atomic E-state index is 13.7. The van der Waals surface area contributed by atoms with E-state index in [9.17, 15) is 8.78 Å². The van der Waals surface area contributed by atoms with E-state index < -0.39 is 11.6 Å². The Hall–Kier alpha value is -2.28. The minimum Gasteiger partial charge on any atom is -0.435 e. The highest BCUT2D eigenvalue weighted by Gasteiger charge is 2.17. The van der Waals surface area contributed by atoms with Crippen molar-refractivity contribution in [2.45, 2.75) is 6.92 Å². The van der Waals surface area contributed by atoms with Crippen LogP contribution < -0.4 is 4.74 Å². The van der Waals surface area contributed by atoms with Crippen molar-refractivity contribution in [3.05, 3.63) is 46.9 Å². The van der Waals surface area contributed by atoms with Crippen molar-refractivity contribution in [2.75, 3.05) is 0 Å². The van der Waals surface area contributed by atoms with Crippen LogP contribution in [0.15, 0.2) is 24.5 Å². The lowest BCUT2D eigenvalue weighted by molar-refractivity contribution is 0.394.